The lowest BCUT2D eigenvalue weighted by Gasteiger charge is -2.18. The summed E-state index contributed by atoms with van der Waals surface area (Å²) < 4.78 is 4.47. The predicted molar refractivity (Wildman–Crippen MR) is 142 cm³/mol. The molecule has 0 radical (unpaired) electrons. The fourth-order valence-electron chi connectivity index (χ4n) is 3.52. The van der Waals surface area contributed by atoms with E-state index in [1.807, 2.05) is 19.1 Å². The van der Waals surface area contributed by atoms with Crippen molar-refractivity contribution in [3.63, 3.8) is 0 Å². The molecule has 2 aromatic carbocycles. The van der Waals surface area contributed by atoms with Crippen LogP contribution in [0.4, 0.5) is 23.5 Å². The number of phenols is 1. The quantitative estimate of drug-likeness (QED) is 0.0746. The summed E-state index contributed by atoms with van der Waals surface area (Å²) in [4.78, 5) is 16.4. The first-order valence-electron chi connectivity index (χ1n) is 11.8. The van der Waals surface area contributed by atoms with Gasteiger partial charge in [0.2, 0.25) is 17.8 Å². The van der Waals surface area contributed by atoms with Gasteiger partial charge < -0.3 is 31.7 Å². The fraction of sp³-hybridized carbons (Fsp3) is 0.435. The Kier molecular flexibility index (Phi) is 10.7. The fourth-order valence-corrected chi connectivity index (χ4v) is 3.96. The van der Waals surface area contributed by atoms with Crippen LogP contribution in [-0.2, 0) is 9.37 Å². The molecule has 12 nitrogen and oxygen atoms in total. The minimum atomic E-state index is -0.0656. The van der Waals surface area contributed by atoms with Crippen LogP contribution < -0.4 is 21.7 Å². The van der Waals surface area contributed by atoms with Gasteiger partial charge in [0.15, 0.2) is 0 Å². The molecule has 0 spiro atoms. The Morgan fingerprint density at radius 1 is 1.06 bits per heavy atom. The molecule has 3 aromatic rings. The minimum absolute atomic E-state index is 0.0656. The van der Waals surface area contributed by atoms with Crippen molar-refractivity contribution in [3.05, 3.63) is 30.3 Å². The highest BCUT2D eigenvalue weighted by Gasteiger charge is 2.10. The van der Waals surface area contributed by atoms with E-state index in [0.29, 0.717) is 40.4 Å². The van der Waals surface area contributed by atoms with Gasteiger partial charge in [-0.2, -0.15) is 15.0 Å². The van der Waals surface area contributed by atoms with E-state index in [1.54, 1.807) is 12.1 Å². The summed E-state index contributed by atoms with van der Waals surface area (Å²) in [7, 11) is 0. The van der Waals surface area contributed by atoms with Crippen molar-refractivity contribution < 1.29 is 19.7 Å². The number of nitrogens with two attached hydrogens (primary N) is 1. The highest BCUT2D eigenvalue weighted by atomic mass is 32.2. The summed E-state index contributed by atoms with van der Waals surface area (Å²) in [5, 5.41) is 33.4. The summed E-state index contributed by atoms with van der Waals surface area (Å²) in [5.41, 5.74) is 6.59. The topological polar surface area (TPSA) is 163 Å². The first kappa shape index (κ1) is 27.6. The molecule has 13 heteroatoms. The largest absolute Gasteiger partial charge is 0.507 e. The van der Waals surface area contributed by atoms with Crippen LogP contribution in [0.25, 0.3) is 10.8 Å². The molecular formula is C23H34N8O4S. The predicted octanol–water partition coefficient (Wildman–Crippen LogP) is 3.81. The number of fused-ring (bicyclic) bond motifs is 1. The second kappa shape index (κ2) is 14.0. The monoisotopic (exact) mass is 518 g/mol. The summed E-state index contributed by atoms with van der Waals surface area (Å²) >= 11 is 0.769. The van der Waals surface area contributed by atoms with Gasteiger partial charge in [-0.1, -0.05) is 18.9 Å². The van der Waals surface area contributed by atoms with Crippen molar-refractivity contribution in [3.8, 4) is 5.75 Å². The lowest BCUT2D eigenvalue weighted by Crippen LogP contribution is -2.26. The number of anilines is 4. The van der Waals surface area contributed by atoms with Crippen LogP contribution in [0.1, 0.15) is 27.2 Å². The maximum absolute atomic E-state index is 10.3. The second-order valence-electron chi connectivity index (χ2n) is 8.20. The lowest BCUT2D eigenvalue weighted by atomic mass is 10.1. The molecule has 3 rings (SSSR count). The Labute approximate surface area is 214 Å². The Bertz CT molecular complexity index is 1120. The number of hydrogen-bond donors (Lipinski definition) is 6. The van der Waals surface area contributed by atoms with Crippen molar-refractivity contribution >= 4 is 46.3 Å². The standard InChI is InChI=1S/C23H34N8O4S/c1-4-31(5-2)10-6-9-25-21-28-22(26-14-15(3)24)30-23(29-21)27-17-7-8-19-16(11-17)12-18(13-20(19)32)36-35-34-33/h7-8,11-13,15,32-33H,4-6,9-10,14,24H2,1-3H3,(H3,25,26,27,28,29,30). The molecule has 1 heterocycles. The molecular weight excluding hydrogens is 484 g/mol. The zero-order valence-corrected chi connectivity index (χ0v) is 21.5. The second-order valence-corrected chi connectivity index (χ2v) is 8.98. The molecule has 7 N–H and O–H groups in total. The molecule has 0 fully saturated rings. The van der Waals surface area contributed by atoms with E-state index in [0.717, 1.165) is 50.0 Å². The highest BCUT2D eigenvalue weighted by molar-refractivity contribution is 7.94. The van der Waals surface area contributed by atoms with Gasteiger partial charge in [-0.3, -0.25) is 0 Å². The first-order valence-corrected chi connectivity index (χ1v) is 12.6. The van der Waals surface area contributed by atoms with Crippen molar-refractivity contribution in [1.82, 2.24) is 19.9 Å². The number of phenolic OH excluding ortho intramolecular Hbond substituents is 1. The van der Waals surface area contributed by atoms with Crippen molar-refractivity contribution in [2.24, 2.45) is 5.73 Å². The third kappa shape index (κ3) is 8.33. The van der Waals surface area contributed by atoms with Gasteiger partial charge in [0.1, 0.15) is 5.75 Å². The van der Waals surface area contributed by atoms with E-state index < -0.39 is 0 Å². The molecule has 0 aliphatic rings. The van der Waals surface area contributed by atoms with E-state index in [4.69, 9.17) is 11.0 Å². The van der Waals surface area contributed by atoms with Crippen LogP contribution in [0.15, 0.2) is 35.2 Å². The lowest BCUT2D eigenvalue weighted by molar-refractivity contribution is -0.432. The van der Waals surface area contributed by atoms with E-state index >= 15 is 0 Å². The van der Waals surface area contributed by atoms with Crippen LogP contribution >= 0.6 is 12.0 Å². The third-order valence-corrected chi connectivity index (χ3v) is 5.92. The maximum atomic E-state index is 10.3. The van der Waals surface area contributed by atoms with E-state index in [-0.39, 0.29) is 11.8 Å². The molecule has 0 aliphatic carbocycles. The molecule has 0 bridgehead atoms. The number of nitrogens with one attached hydrogen (secondary N) is 3. The molecule has 0 aliphatic heterocycles. The van der Waals surface area contributed by atoms with Crippen LogP contribution in [0.3, 0.4) is 0 Å². The summed E-state index contributed by atoms with van der Waals surface area (Å²) in [5.74, 6) is 1.29. The number of rotatable bonds is 15. The van der Waals surface area contributed by atoms with Crippen LogP contribution in [0.2, 0.25) is 0 Å². The molecule has 1 aromatic heterocycles. The summed E-state index contributed by atoms with van der Waals surface area (Å²) in [6, 6.07) is 8.68. The van der Waals surface area contributed by atoms with Crippen LogP contribution in [0, 0.1) is 0 Å². The summed E-state index contributed by atoms with van der Waals surface area (Å²) in [6.45, 7) is 10.5. The molecule has 0 saturated heterocycles. The van der Waals surface area contributed by atoms with Gasteiger partial charge in [-0.25, -0.2) is 5.26 Å². The van der Waals surface area contributed by atoms with Gasteiger partial charge in [0.05, 0.1) is 12.0 Å². The highest BCUT2D eigenvalue weighted by Crippen LogP contribution is 2.33. The normalized spacial score (nSPS) is 12.2. The van der Waals surface area contributed by atoms with E-state index in [2.05, 4.69) is 59.0 Å². The molecule has 36 heavy (non-hydrogen) atoms. The SMILES string of the molecule is CCN(CC)CCCNc1nc(NCC(C)N)nc(Nc2ccc3c(O)cc(SOOO)cc3c2)n1. The van der Waals surface area contributed by atoms with Crippen LogP contribution in [-0.4, -0.2) is 69.0 Å². The van der Waals surface area contributed by atoms with Gasteiger partial charge in [-0.05, 0) is 68.7 Å². The maximum Gasteiger partial charge on any atom is 0.233 e. The van der Waals surface area contributed by atoms with E-state index in [9.17, 15) is 5.11 Å². The first-order chi connectivity index (χ1) is 17.4. The zero-order chi connectivity index (χ0) is 25.9. The van der Waals surface area contributed by atoms with Crippen molar-refractivity contribution in [2.45, 2.75) is 38.1 Å². The number of aromatic nitrogens is 3. The third-order valence-electron chi connectivity index (χ3n) is 5.37. The number of nitrogens with zero attached hydrogens (tertiary/aromatic N) is 4. The van der Waals surface area contributed by atoms with Gasteiger partial charge in [0.25, 0.3) is 0 Å². The molecule has 0 amide bonds. The van der Waals surface area contributed by atoms with Gasteiger partial charge >= 0.3 is 0 Å². The van der Waals surface area contributed by atoms with Crippen molar-refractivity contribution in [2.75, 3.05) is 48.7 Å². The molecule has 196 valence electrons. The number of aromatic hydroxyl groups is 1. The molecule has 1 atom stereocenters. The molecule has 0 saturated carbocycles. The summed E-state index contributed by atoms with van der Waals surface area (Å²) in [6.07, 6.45) is 0.957. The zero-order valence-electron chi connectivity index (χ0n) is 20.7. The Balaban J connectivity index is 1.78. The average molecular weight is 519 g/mol. The Morgan fingerprint density at radius 3 is 2.47 bits per heavy atom. The minimum Gasteiger partial charge on any atom is -0.507 e. The number of benzene rings is 2. The molecule has 1 unspecified atom stereocenters. The number of hydrogen-bond acceptors (Lipinski definition) is 13. The Morgan fingerprint density at radius 2 is 1.78 bits per heavy atom. The smallest absolute Gasteiger partial charge is 0.233 e. The van der Waals surface area contributed by atoms with E-state index in [1.165, 1.54) is 6.07 Å². The van der Waals surface area contributed by atoms with Gasteiger partial charge in [0, 0.05) is 35.1 Å². The average Bonchev–Trinajstić information content (AvgIpc) is 2.86. The van der Waals surface area contributed by atoms with Crippen LogP contribution in [0.5, 0.6) is 5.75 Å². The van der Waals surface area contributed by atoms with Gasteiger partial charge in [-0.15, -0.1) is 4.33 Å². The Hall–Kier alpha value is -2.94. The van der Waals surface area contributed by atoms with Crippen molar-refractivity contribution in [1.29, 1.82) is 0 Å².